The molecule has 2 heterocycles. The largest absolute Gasteiger partial charge is 0.388 e. The van der Waals surface area contributed by atoms with Crippen LogP contribution in [0.25, 0.3) is 10.9 Å². The van der Waals surface area contributed by atoms with E-state index in [0.29, 0.717) is 24.9 Å². The van der Waals surface area contributed by atoms with Crippen LogP contribution in [0.15, 0.2) is 24.3 Å². The van der Waals surface area contributed by atoms with Gasteiger partial charge in [-0.15, -0.1) is 0 Å². The predicted octanol–water partition coefficient (Wildman–Crippen LogP) is 1.32. The number of likely N-dealkylation sites (tertiary alicyclic amines) is 1. The van der Waals surface area contributed by atoms with Crippen molar-refractivity contribution in [2.75, 3.05) is 13.1 Å². The molecule has 1 aromatic heterocycles. The maximum atomic E-state index is 12.9. The van der Waals surface area contributed by atoms with Gasteiger partial charge >= 0.3 is 0 Å². The number of benzene rings is 1. The highest BCUT2D eigenvalue weighted by Crippen LogP contribution is 2.28. The number of aromatic amines is 1. The van der Waals surface area contributed by atoms with Crippen LogP contribution in [-0.2, 0) is 4.79 Å². The summed E-state index contributed by atoms with van der Waals surface area (Å²) >= 11 is 0. The first-order chi connectivity index (χ1) is 10.9. The summed E-state index contributed by atoms with van der Waals surface area (Å²) in [4.78, 5) is 28.9. The van der Waals surface area contributed by atoms with Gasteiger partial charge in [0.05, 0.1) is 24.1 Å². The molecule has 2 amide bonds. The Balaban J connectivity index is 1.90. The smallest absolute Gasteiger partial charge is 0.256 e. The van der Waals surface area contributed by atoms with Crippen molar-refractivity contribution in [3.8, 4) is 0 Å². The highest BCUT2D eigenvalue weighted by molar-refractivity contribution is 6.08. The minimum Gasteiger partial charge on any atom is -0.388 e. The number of aryl methyl sites for hydroxylation is 1. The lowest BCUT2D eigenvalue weighted by molar-refractivity contribution is -0.125. The molecule has 1 atom stereocenters. The molecular formula is C17H21N3O3. The van der Waals surface area contributed by atoms with Gasteiger partial charge in [0.1, 0.15) is 0 Å². The summed E-state index contributed by atoms with van der Waals surface area (Å²) in [7, 11) is 0. The lowest BCUT2D eigenvalue weighted by Gasteiger charge is -2.38. The van der Waals surface area contributed by atoms with Gasteiger partial charge in [0.2, 0.25) is 5.91 Å². The molecule has 0 radical (unpaired) electrons. The second-order valence-corrected chi connectivity index (χ2v) is 6.37. The number of primary amides is 1. The minimum atomic E-state index is -1.22. The zero-order valence-electron chi connectivity index (χ0n) is 13.1. The number of rotatable bonds is 3. The molecule has 1 fully saturated rings. The number of nitrogens with two attached hydrogens (primary N) is 1. The topological polar surface area (TPSA) is 99.4 Å². The van der Waals surface area contributed by atoms with E-state index < -0.39 is 11.5 Å². The van der Waals surface area contributed by atoms with Crippen LogP contribution in [0.4, 0.5) is 0 Å². The number of para-hydroxylation sites is 1. The summed E-state index contributed by atoms with van der Waals surface area (Å²) in [6.07, 6.45) is 1.01. The predicted molar refractivity (Wildman–Crippen MR) is 86.9 cm³/mol. The molecule has 6 nitrogen and oxygen atoms in total. The van der Waals surface area contributed by atoms with Crippen molar-refractivity contribution < 1.29 is 14.7 Å². The Labute approximate surface area is 134 Å². The number of aromatic nitrogens is 1. The van der Waals surface area contributed by atoms with Gasteiger partial charge in [-0.1, -0.05) is 18.2 Å². The van der Waals surface area contributed by atoms with Crippen molar-refractivity contribution >= 4 is 22.7 Å². The van der Waals surface area contributed by atoms with Crippen molar-refractivity contribution in [1.82, 2.24) is 9.88 Å². The number of nitrogens with zero attached hydrogens (tertiary/aromatic N) is 1. The summed E-state index contributed by atoms with van der Waals surface area (Å²) in [6.45, 7) is 2.57. The molecule has 4 N–H and O–H groups in total. The minimum absolute atomic E-state index is 0.121. The average Bonchev–Trinajstić information content (AvgIpc) is 2.81. The number of fused-ring (bicyclic) bond motifs is 1. The van der Waals surface area contributed by atoms with Crippen LogP contribution < -0.4 is 5.73 Å². The van der Waals surface area contributed by atoms with E-state index in [1.807, 2.05) is 31.2 Å². The van der Waals surface area contributed by atoms with Gasteiger partial charge in [-0.2, -0.15) is 0 Å². The molecule has 6 heteroatoms. The van der Waals surface area contributed by atoms with Crippen LogP contribution in [0.5, 0.6) is 0 Å². The highest BCUT2D eigenvalue weighted by atomic mass is 16.3. The number of carbonyl (C=O) groups excluding carboxylic acids is 2. The van der Waals surface area contributed by atoms with Crippen molar-refractivity contribution in [3.05, 3.63) is 35.5 Å². The Bertz CT molecular complexity index is 768. The van der Waals surface area contributed by atoms with Gasteiger partial charge in [0.25, 0.3) is 5.91 Å². The number of carbonyl (C=O) groups is 2. The number of hydrogen-bond donors (Lipinski definition) is 3. The Hall–Kier alpha value is -2.34. The van der Waals surface area contributed by atoms with Crippen molar-refractivity contribution in [2.45, 2.75) is 31.8 Å². The molecule has 23 heavy (non-hydrogen) atoms. The van der Waals surface area contributed by atoms with E-state index in [9.17, 15) is 14.7 Å². The molecule has 0 bridgehead atoms. The maximum Gasteiger partial charge on any atom is 0.256 e. The van der Waals surface area contributed by atoms with Gasteiger partial charge in [0, 0.05) is 23.1 Å². The SMILES string of the molecule is Cc1[nH]c2ccccc2c1C(=O)N1CCCC(O)(CC(N)=O)C1. The van der Waals surface area contributed by atoms with E-state index in [-0.39, 0.29) is 18.9 Å². The van der Waals surface area contributed by atoms with E-state index in [1.54, 1.807) is 4.90 Å². The molecule has 0 aliphatic carbocycles. The molecule has 1 aromatic carbocycles. The maximum absolute atomic E-state index is 12.9. The number of piperidine rings is 1. The number of nitrogens with one attached hydrogen (secondary N) is 1. The van der Waals surface area contributed by atoms with Crippen molar-refractivity contribution in [3.63, 3.8) is 0 Å². The molecule has 2 aromatic rings. The van der Waals surface area contributed by atoms with Crippen LogP contribution in [0.2, 0.25) is 0 Å². The third-order valence-electron chi connectivity index (χ3n) is 4.45. The molecule has 1 unspecified atom stereocenters. The summed E-state index contributed by atoms with van der Waals surface area (Å²) < 4.78 is 0. The molecule has 1 aliphatic heterocycles. The number of aliphatic hydroxyl groups is 1. The summed E-state index contributed by atoms with van der Waals surface area (Å²) in [6, 6.07) is 7.65. The summed E-state index contributed by atoms with van der Waals surface area (Å²) in [5.74, 6) is -0.674. The number of amides is 2. The lowest BCUT2D eigenvalue weighted by Crippen LogP contribution is -2.51. The van der Waals surface area contributed by atoms with E-state index in [2.05, 4.69) is 4.98 Å². The molecule has 0 saturated carbocycles. The third kappa shape index (κ3) is 2.94. The highest BCUT2D eigenvalue weighted by Gasteiger charge is 2.37. The monoisotopic (exact) mass is 315 g/mol. The molecule has 1 saturated heterocycles. The molecular weight excluding hydrogens is 294 g/mol. The van der Waals surface area contributed by atoms with E-state index in [0.717, 1.165) is 16.6 Å². The van der Waals surface area contributed by atoms with Gasteiger partial charge in [-0.3, -0.25) is 9.59 Å². The van der Waals surface area contributed by atoms with Gasteiger partial charge < -0.3 is 20.7 Å². The fourth-order valence-corrected chi connectivity index (χ4v) is 3.46. The average molecular weight is 315 g/mol. The third-order valence-corrected chi connectivity index (χ3v) is 4.45. The van der Waals surface area contributed by atoms with Crippen molar-refractivity contribution in [2.24, 2.45) is 5.73 Å². The summed E-state index contributed by atoms with van der Waals surface area (Å²) in [5, 5.41) is 11.4. The number of β-amino-alcohol motifs (C(OH)–C–C–N with tert-alkyl or cyclic N) is 1. The van der Waals surface area contributed by atoms with Crippen LogP contribution in [-0.4, -0.2) is 45.5 Å². The fraction of sp³-hybridized carbons (Fsp3) is 0.412. The zero-order valence-corrected chi connectivity index (χ0v) is 13.1. The second kappa shape index (κ2) is 5.70. The van der Waals surface area contributed by atoms with Crippen LogP contribution in [0.3, 0.4) is 0 Å². The molecule has 0 spiro atoms. The quantitative estimate of drug-likeness (QED) is 0.796. The first kappa shape index (κ1) is 15.6. The Morgan fingerprint density at radius 3 is 2.87 bits per heavy atom. The first-order valence-electron chi connectivity index (χ1n) is 7.77. The second-order valence-electron chi connectivity index (χ2n) is 6.37. The van der Waals surface area contributed by atoms with E-state index in [4.69, 9.17) is 5.73 Å². The summed E-state index contributed by atoms with van der Waals surface area (Å²) in [5.41, 5.74) is 6.34. The zero-order chi connectivity index (χ0) is 16.6. The van der Waals surface area contributed by atoms with Gasteiger partial charge in [-0.05, 0) is 25.8 Å². The molecule has 122 valence electrons. The van der Waals surface area contributed by atoms with E-state index >= 15 is 0 Å². The van der Waals surface area contributed by atoms with E-state index in [1.165, 1.54) is 0 Å². The first-order valence-corrected chi connectivity index (χ1v) is 7.77. The molecule has 1 aliphatic rings. The Kier molecular flexibility index (Phi) is 3.85. The Morgan fingerprint density at radius 1 is 1.39 bits per heavy atom. The lowest BCUT2D eigenvalue weighted by atomic mass is 9.89. The Morgan fingerprint density at radius 2 is 2.13 bits per heavy atom. The van der Waals surface area contributed by atoms with Gasteiger partial charge in [0.15, 0.2) is 0 Å². The number of hydrogen-bond acceptors (Lipinski definition) is 3. The normalized spacial score (nSPS) is 21.6. The molecule has 3 rings (SSSR count). The fourth-order valence-electron chi connectivity index (χ4n) is 3.46. The standard InChI is InChI=1S/C17H21N3O3/c1-11-15(12-5-2-3-6-13(12)19-11)16(22)20-8-4-7-17(23,10-20)9-14(18)21/h2-3,5-6,19,23H,4,7-10H2,1H3,(H2,18,21). The van der Waals surface area contributed by atoms with Gasteiger partial charge in [-0.25, -0.2) is 0 Å². The van der Waals surface area contributed by atoms with Crippen LogP contribution in [0.1, 0.15) is 35.3 Å². The van der Waals surface area contributed by atoms with Crippen LogP contribution in [0, 0.1) is 6.92 Å². The van der Waals surface area contributed by atoms with Crippen LogP contribution >= 0.6 is 0 Å². The van der Waals surface area contributed by atoms with Crippen molar-refractivity contribution in [1.29, 1.82) is 0 Å². The number of H-pyrrole nitrogens is 1.